The van der Waals surface area contributed by atoms with Crippen LogP contribution >= 0.6 is 11.3 Å². The van der Waals surface area contributed by atoms with Gasteiger partial charge in [0.1, 0.15) is 0 Å². The third-order valence-electron chi connectivity index (χ3n) is 3.64. The van der Waals surface area contributed by atoms with Crippen molar-refractivity contribution in [2.75, 3.05) is 10.6 Å². The molecule has 0 saturated carbocycles. The average Bonchev–Trinajstić information content (AvgIpc) is 3.01. The normalized spacial score (nSPS) is 11.3. The molecular weight excluding hydrogens is 375 g/mol. The third-order valence-corrected chi connectivity index (χ3v) is 4.44. The van der Waals surface area contributed by atoms with Crippen LogP contribution in [0.25, 0.3) is 0 Å². The molecule has 0 unspecified atom stereocenters. The maximum Gasteiger partial charge on any atom is 0.416 e. The molecule has 0 aliphatic heterocycles. The van der Waals surface area contributed by atoms with Crippen LogP contribution in [0.1, 0.15) is 16.8 Å². The van der Waals surface area contributed by atoms with E-state index in [1.165, 1.54) is 23.5 Å². The molecule has 0 aliphatic rings. The number of alkyl halides is 3. The van der Waals surface area contributed by atoms with Crippen LogP contribution in [0.2, 0.25) is 0 Å². The Morgan fingerprint density at radius 2 is 1.85 bits per heavy atom. The van der Waals surface area contributed by atoms with Crippen LogP contribution < -0.4 is 10.6 Å². The maximum atomic E-state index is 12.8. The molecule has 140 valence electrons. The van der Waals surface area contributed by atoms with E-state index in [1.807, 2.05) is 25.1 Å². The second-order valence-corrected chi connectivity index (χ2v) is 6.80. The van der Waals surface area contributed by atoms with Crippen LogP contribution in [-0.2, 0) is 17.4 Å². The molecule has 3 aromatic rings. The molecule has 2 N–H and O–H groups in total. The molecule has 0 bridgehead atoms. The smallest absolute Gasteiger partial charge is 0.332 e. The highest BCUT2D eigenvalue weighted by molar-refractivity contribution is 7.13. The van der Waals surface area contributed by atoms with E-state index < -0.39 is 11.7 Å². The van der Waals surface area contributed by atoms with Crippen molar-refractivity contribution in [1.29, 1.82) is 0 Å². The van der Waals surface area contributed by atoms with Gasteiger partial charge in [0.05, 0.1) is 17.7 Å². The van der Waals surface area contributed by atoms with Crippen molar-refractivity contribution in [3.63, 3.8) is 0 Å². The molecule has 27 heavy (non-hydrogen) atoms. The van der Waals surface area contributed by atoms with E-state index in [2.05, 4.69) is 15.6 Å². The number of hydrogen-bond donors (Lipinski definition) is 2. The Morgan fingerprint density at radius 3 is 2.59 bits per heavy atom. The monoisotopic (exact) mass is 391 g/mol. The van der Waals surface area contributed by atoms with Gasteiger partial charge in [0.2, 0.25) is 5.91 Å². The molecule has 4 nitrogen and oxygen atoms in total. The van der Waals surface area contributed by atoms with Crippen LogP contribution in [0, 0.1) is 6.92 Å². The number of nitrogens with one attached hydrogen (secondary N) is 2. The number of benzene rings is 2. The number of nitrogens with zero attached hydrogens (tertiary/aromatic N) is 1. The van der Waals surface area contributed by atoms with E-state index in [1.54, 1.807) is 11.4 Å². The number of rotatable bonds is 5. The largest absolute Gasteiger partial charge is 0.416 e. The molecule has 3 rings (SSSR count). The van der Waals surface area contributed by atoms with Crippen molar-refractivity contribution < 1.29 is 18.0 Å². The zero-order valence-corrected chi connectivity index (χ0v) is 15.1. The molecule has 1 amide bonds. The fourth-order valence-electron chi connectivity index (χ4n) is 2.43. The topological polar surface area (TPSA) is 54.0 Å². The van der Waals surface area contributed by atoms with E-state index >= 15 is 0 Å². The predicted molar refractivity (Wildman–Crippen MR) is 100 cm³/mol. The Balaban J connectivity index is 1.62. The number of aryl methyl sites for hydroxylation is 1. The number of anilines is 3. The number of carbonyl (C=O) groups is 1. The summed E-state index contributed by atoms with van der Waals surface area (Å²) in [5.74, 6) is -0.212. The van der Waals surface area contributed by atoms with Gasteiger partial charge in [0.15, 0.2) is 5.13 Å². The first-order chi connectivity index (χ1) is 12.8. The first kappa shape index (κ1) is 18.9. The zero-order chi connectivity index (χ0) is 19.4. The fraction of sp³-hybridized carbons (Fsp3) is 0.158. The lowest BCUT2D eigenvalue weighted by Gasteiger charge is -2.09. The van der Waals surface area contributed by atoms with Gasteiger partial charge in [0.25, 0.3) is 0 Å². The minimum atomic E-state index is -4.40. The summed E-state index contributed by atoms with van der Waals surface area (Å²) < 4.78 is 38.3. The molecular formula is C19H16F3N3OS. The zero-order valence-electron chi connectivity index (χ0n) is 14.3. The van der Waals surface area contributed by atoms with E-state index in [9.17, 15) is 18.0 Å². The van der Waals surface area contributed by atoms with Crippen LogP contribution in [0.15, 0.2) is 53.9 Å². The highest BCUT2D eigenvalue weighted by atomic mass is 32.1. The summed E-state index contributed by atoms with van der Waals surface area (Å²) >= 11 is 1.22. The number of thiazole rings is 1. The maximum absolute atomic E-state index is 12.8. The molecule has 0 aliphatic carbocycles. The highest BCUT2D eigenvalue weighted by Gasteiger charge is 2.30. The molecule has 0 radical (unpaired) electrons. The standard InChI is InChI=1S/C19H16F3N3OS/c1-12-4-2-6-14(8-12)23-17(26)10-16-11-27-18(25-16)24-15-7-3-5-13(9-15)19(20,21)22/h2-9,11H,10H2,1H3,(H,23,26)(H,24,25). The number of hydrogen-bond acceptors (Lipinski definition) is 4. The first-order valence-corrected chi connectivity index (χ1v) is 8.93. The molecule has 0 atom stereocenters. The Labute approximate surface area is 158 Å². The minimum absolute atomic E-state index is 0.0781. The molecule has 8 heteroatoms. The predicted octanol–water partition coefficient (Wildman–Crippen LogP) is 5.40. The number of aromatic nitrogens is 1. The lowest BCUT2D eigenvalue weighted by molar-refractivity contribution is -0.137. The van der Waals surface area contributed by atoms with Gasteiger partial charge in [-0.25, -0.2) is 4.98 Å². The minimum Gasteiger partial charge on any atom is -0.332 e. The Hall–Kier alpha value is -2.87. The first-order valence-electron chi connectivity index (χ1n) is 8.05. The van der Waals surface area contributed by atoms with E-state index in [-0.39, 0.29) is 18.0 Å². The molecule has 0 spiro atoms. The van der Waals surface area contributed by atoms with Crippen molar-refractivity contribution in [2.24, 2.45) is 0 Å². The molecule has 0 saturated heterocycles. The third kappa shape index (κ3) is 5.30. The second kappa shape index (κ2) is 7.79. The van der Waals surface area contributed by atoms with Gasteiger partial charge in [-0.15, -0.1) is 11.3 Å². The van der Waals surface area contributed by atoms with Crippen LogP contribution in [-0.4, -0.2) is 10.9 Å². The summed E-state index contributed by atoms with van der Waals surface area (Å²) in [5, 5.41) is 7.76. The van der Waals surface area contributed by atoms with Crippen molar-refractivity contribution in [3.05, 3.63) is 70.7 Å². The SMILES string of the molecule is Cc1cccc(NC(=O)Cc2csc(Nc3cccc(C(F)(F)F)c3)n2)c1. The van der Waals surface area contributed by atoms with Gasteiger partial charge in [-0.2, -0.15) is 13.2 Å². The summed E-state index contributed by atoms with van der Waals surface area (Å²) in [5.41, 5.74) is 1.84. The molecule has 1 aromatic heterocycles. The van der Waals surface area contributed by atoms with E-state index in [0.29, 0.717) is 16.5 Å². The highest BCUT2D eigenvalue weighted by Crippen LogP contribution is 2.31. The average molecular weight is 391 g/mol. The lowest BCUT2D eigenvalue weighted by atomic mass is 10.2. The summed E-state index contributed by atoms with van der Waals surface area (Å²) in [7, 11) is 0. The van der Waals surface area contributed by atoms with Crippen molar-refractivity contribution in [1.82, 2.24) is 4.98 Å². The van der Waals surface area contributed by atoms with Crippen LogP contribution in [0.4, 0.5) is 29.7 Å². The van der Waals surface area contributed by atoms with Crippen LogP contribution in [0.5, 0.6) is 0 Å². The summed E-state index contributed by atoms with van der Waals surface area (Å²) in [6.07, 6.45) is -4.33. The van der Waals surface area contributed by atoms with Gasteiger partial charge in [-0.1, -0.05) is 18.2 Å². The number of halogens is 3. The van der Waals surface area contributed by atoms with Gasteiger partial charge in [-0.05, 0) is 42.8 Å². The van der Waals surface area contributed by atoms with Crippen molar-refractivity contribution >= 4 is 33.8 Å². The fourth-order valence-corrected chi connectivity index (χ4v) is 3.17. The number of carbonyl (C=O) groups excluding carboxylic acids is 1. The number of amides is 1. The summed E-state index contributed by atoms with van der Waals surface area (Å²) in [6, 6.07) is 12.3. The Morgan fingerprint density at radius 1 is 1.11 bits per heavy atom. The Kier molecular flexibility index (Phi) is 5.46. The molecule has 2 aromatic carbocycles. The van der Waals surface area contributed by atoms with Gasteiger partial charge >= 0.3 is 6.18 Å². The molecule has 0 fully saturated rings. The quantitative estimate of drug-likeness (QED) is 0.613. The van der Waals surface area contributed by atoms with Crippen molar-refractivity contribution in [3.8, 4) is 0 Å². The van der Waals surface area contributed by atoms with E-state index in [0.717, 1.165) is 17.7 Å². The Bertz CT molecular complexity index is 953. The van der Waals surface area contributed by atoms with Gasteiger partial charge < -0.3 is 10.6 Å². The molecule has 1 heterocycles. The summed E-state index contributed by atoms with van der Waals surface area (Å²) in [6.45, 7) is 1.93. The lowest BCUT2D eigenvalue weighted by Crippen LogP contribution is -2.14. The summed E-state index contributed by atoms with van der Waals surface area (Å²) in [4.78, 5) is 16.4. The van der Waals surface area contributed by atoms with Crippen molar-refractivity contribution in [2.45, 2.75) is 19.5 Å². The second-order valence-electron chi connectivity index (χ2n) is 5.94. The van der Waals surface area contributed by atoms with Gasteiger partial charge in [0, 0.05) is 16.8 Å². The van der Waals surface area contributed by atoms with E-state index in [4.69, 9.17) is 0 Å². The van der Waals surface area contributed by atoms with Crippen LogP contribution in [0.3, 0.4) is 0 Å². The van der Waals surface area contributed by atoms with Gasteiger partial charge in [-0.3, -0.25) is 4.79 Å².